The molecule has 2 heterocycles. The maximum Gasteiger partial charge on any atom is 0.485 e. The van der Waals surface area contributed by atoms with Crippen LogP contribution in [0.15, 0.2) is 0 Å². The fraction of sp³-hybridized carbons (Fsp3) is 0.857. The minimum absolute atomic E-state index is 0.965. The molecule has 0 saturated carbocycles. The lowest BCUT2D eigenvalue weighted by atomic mass is 10.3. The molecule has 0 saturated heterocycles. The van der Waals surface area contributed by atoms with Crippen molar-refractivity contribution in [3.63, 3.8) is 0 Å². The van der Waals surface area contributed by atoms with E-state index in [4.69, 9.17) is 30.7 Å². The molecule has 2 aliphatic heterocycles. The van der Waals surface area contributed by atoms with E-state index in [1.165, 1.54) is 12.8 Å². The number of halogens is 6. The van der Waals surface area contributed by atoms with E-state index in [1.54, 1.807) is 0 Å². The van der Waals surface area contributed by atoms with E-state index in [2.05, 4.69) is 47.1 Å². The molecule has 11 nitrogen and oxygen atoms in total. The molecule has 2 aliphatic rings. The smallest absolute Gasteiger partial charge is 0.485 e. The number of hydrogen-bond acceptors (Lipinski definition) is 9. The lowest BCUT2D eigenvalue weighted by Crippen LogP contribution is -2.49. The highest BCUT2D eigenvalue weighted by Crippen LogP contribution is 2.21. The van der Waals surface area contributed by atoms with Crippen molar-refractivity contribution in [1.82, 2.24) is 9.80 Å². The molecule has 33 heavy (non-hydrogen) atoms. The molecule has 0 amide bonds. The summed E-state index contributed by atoms with van der Waals surface area (Å²) < 4.78 is 128. The molecule has 0 radical (unpaired) electrons. The highest BCUT2D eigenvalue weighted by atomic mass is 32.2. The van der Waals surface area contributed by atoms with Crippen LogP contribution in [-0.2, 0) is 25.0 Å². The van der Waals surface area contributed by atoms with Crippen LogP contribution < -0.4 is 0 Å². The fourth-order valence-electron chi connectivity index (χ4n) is 2.45. The first-order valence-corrected chi connectivity index (χ1v) is 11.7. The summed E-state index contributed by atoms with van der Waals surface area (Å²) >= 11 is 0. The molecule has 0 N–H and O–H groups in total. The monoisotopic (exact) mass is 538 g/mol. The number of rotatable bonds is 0. The standard InChI is InChI=1S/C12H24N4O.2CHF3O3S/c1-13-7-5-8-14(2)11(13)17-12-15(3)9-6-10-16(12)4;2*2-1(3,4)8(5,6)7/h5-10H2,1-4H3;2*(H,5,6,7)/q+2;;/p-2. The Hall–Kier alpha value is -1.86. The Kier molecular flexibility index (Phi) is 10.9. The number of nitrogens with zero attached hydrogens (tertiary/aromatic N) is 4. The maximum absolute atomic E-state index is 10.7. The van der Waals surface area contributed by atoms with Crippen molar-refractivity contribution >= 4 is 32.3 Å². The van der Waals surface area contributed by atoms with Crippen molar-refractivity contribution in [2.24, 2.45) is 0 Å². The second-order valence-electron chi connectivity index (χ2n) is 6.86. The maximum atomic E-state index is 10.7. The predicted molar refractivity (Wildman–Crippen MR) is 99.2 cm³/mol. The minimum atomic E-state index is -6.09. The van der Waals surface area contributed by atoms with Gasteiger partial charge in [-0.25, -0.2) is 35.8 Å². The van der Waals surface area contributed by atoms with Crippen molar-refractivity contribution in [1.29, 1.82) is 0 Å². The second-order valence-corrected chi connectivity index (χ2v) is 9.60. The van der Waals surface area contributed by atoms with E-state index in [-0.39, 0.29) is 0 Å². The molecular weight excluding hydrogens is 514 g/mol. The van der Waals surface area contributed by atoms with Crippen molar-refractivity contribution in [3.05, 3.63) is 0 Å². The lowest BCUT2D eigenvalue weighted by Gasteiger charge is -2.24. The van der Waals surface area contributed by atoms with Crippen LogP contribution in [0.3, 0.4) is 0 Å². The highest BCUT2D eigenvalue weighted by Gasteiger charge is 2.37. The average molecular weight is 538 g/mol. The molecule has 0 atom stereocenters. The SMILES string of the molecule is CN1CCC[N+](C)=C1OC1=[N+](C)CCCN1C.O=S(=O)([O-])C(F)(F)F.O=S(=O)([O-])C(F)(F)F. The Morgan fingerprint density at radius 3 is 1.18 bits per heavy atom. The van der Waals surface area contributed by atoms with Crippen LogP contribution in [0.1, 0.15) is 12.8 Å². The quantitative estimate of drug-likeness (QED) is 0.177. The van der Waals surface area contributed by atoms with E-state index >= 15 is 0 Å². The third-order valence-corrected chi connectivity index (χ3v) is 5.16. The molecule has 0 bridgehead atoms. The summed E-state index contributed by atoms with van der Waals surface area (Å²) in [5.41, 5.74) is -11.3. The highest BCUT2D eigenvalue weighted by molar-refractivity contribution is 7.86. The van der Waals surface area contributed by atoms with Gasteiger partial charge in [0.2, 0.25) is 0 Å². The third kappa shape index (κ3) is 10.3. The van der Waals surface area contributed by atoms with E-state index in [0.29, 0.717) is 0 Å². The molecule has 2 rings (SSSR count). The van der Waals surface area contributed by atoms with Crippen LogP contribution in [0.4, 0.5) is 26.3 Å². The Morgan fingerprint density at radius 1 is 0.758 bits per heavy atom. The molecule has 0 fully saturated rings. The van der Waals surface area contributed by atoms with Crippen LogP contribution >= 0.6 is 0 Å². The van der Waals surface area contributed by atoms with Crippen molar-refractivity contribution in [3.8, 4) is 0 Å². The van der Waals surface area contributed by atoms with E-state index in [1.807, 2.05) is 0 Å². The Labute approximate surface area is 187 Å². The van der Waals surface area contributed by atoms with E-state index in [0.717, 1.165) is 38.2 Å². The molecule has 0 unspecified atom stereocenters. The Morgan fingerprint density at radius 2 is 1.00 bits per heavy atom. The van der Waals surface area contributed by atoms with Gasteiger partial charge in [-0.2, -0.15) is 26.3 Å². The Bertz CT molecular complexity index is 870. The van der Waals surface area contributed by atoms with Gasteiger partial charge in [0.15, 0.2) is 20.2 Å². The van der Waals surface area contributed by atoms with Gasteiger partial charge in [-0.05, 0) is 0 Å². The number of amidine groups is 2. The molecule has 196 valence electrons. The third-order valence-electron chi connectivity index (χ3n) is 4.03. The van der Waals surface area contributed by atoms with E-state index in [9.17, 15) is 26.3 Å². The first-order chi connectivity index (χ1) is 14.6. The summed E-state index contributed by atoms with van der Waals surface area (Å²) in [5, 5.41) is 0. The molecule has 0 spiro atoms. The van der Waals surface area contributed by atoms with Gasteiger partial charge in [-0.3, -0.25) is 0 Å². The average Bonchev–Trinajstić information content (AvgIpc) is 2.58. The zero-order valence-corrected chi connectivity index (χ0v) is 19.6. The topological polar surface area (TPSA) is 136 Å². The molecule has 0 aromatic heterocycles. The second kappa shape index (κ2) is 11.5. The Balaban J connectivity index is 0.000000539. The molecule has 0 aromatic rings. The first-order valence-electron chi connectivity index (χ1n) is 8.90. The normalized spacial score (nSPS) is 18.3. The summed E-state index contributed by atoms with van der Waals surface area (Å²) in [6.45, 7) is 4.28. The zero-order chi connectivity index (χ0) is 26.4. The number of alkyl halides is 6. The summed E-state index contributed by atoms with van der Waals surface area (Å²) in [6.07, 6.45) is 2.39. The summed E-state index contributed by atoms with van der Waals surface area (Å²) in [6, 6.07) is 1.93. The van der Waals surface area contributed by atoms with Crippen LogP contribution in [-0.4, -0.2) is 122 Å². The van der Waals surface area contributed by atoms with Gasteiger partial charge in [-0.15, -0.1) is 0 Å². The summed E-state index contributed by atoms with van der Waals surface area (Å²) in [4.78, 5) is 4.37. The predicted octanol–water partition coefficient (Wildman–Crippen LogP) is -0.227. The summed E-state index contributed by atoms with van der Waals surface area (Å²) in [7, 11) is -3.81. The molecular formula is C14H24F6N4O7S2. The van der Waals surface area contributed by atoms with Crippen LogP contribution in [0.25, 0.3) is 0 Å². The molecule has 19 heteroatoms. The fourth-order valence-corrected chi connectivity index (χ4v) is 2.45. The molecule has 0 aliphatic carbocycles. The first kappa shape index (κ1) is 31.1. The number of ether oxygens (including phenoxy) is 1. The van der Waals surface area contributed by atoms with Crippen molar-refractivity contribution in [2.45, 2.75) is 23.9 Å². The largest absolute Gasteiger partial charge is 0.741 e. The van der Waals surface area contributed by atoms with Crippen molar-refractivity contribution < 1.29 is 66.2 Å². The zero-order valence-electron chi connectivity index (χ0n) is 18.0. The van der Waals surface area contributed by atoms with Crippen LogP contribution in [0.2, 0.25) is 0 Å². The van der Waals surface area contributed by atoms with Crippen molar-refractivity contribution in [2.75, 3.05) is 54.4 Å². The van der Waals surface area contributed by atoms with Gasteiger partial charge < -0.3 is 13.8 Å². The lowest BCUT2D eigenvalue weighted by molar-refractivity contribution is -0.530. The van der Waals surface area contributed by atoms with Crippen LogP contribution in [0, 0.1) is 0 Å². The van der Waals surface area contributed by atoms with Gasteiger partial charge in [-0.1, -0.05) is 0 Å². The summed E-state index contributed by atoms with van der Waals surface area (Å²) in [5.74, 6) is 0. The van der Waals surface area contributed by atoms with Gasteiger partial charge in [0.1, 0.15) is 0 Å². The van der Waals surface area contributed by atoms with Gasteiger partial charge in [0, 0.05) is 12.8 Å². The van der Waals surface area contributed by atoms with Gasteiger partial charge in [0.25, 0.3) is 0 Å². The minimum Gasteiger partial charge on any atom is -0.741 e. The van der Waals surface area contributed by atoms with Gasteiger partial charge in [0.05, 0.1) is 54.4 Å². The van der Waals surface area contributed by atoms with E-state index < -0.39 is 31.3 Å². The number of hydrogen-bond donors (Lipinski definition) is 0. The van der Waals surface area contributed by atoms with Gasteiger partial charge >= 0.3 is 23.1 Å². The van der Waals surface area contributed by atoms with Crippen LogP contribution in [0.5, 0.6) is 0 Å². The molecule has 0 aromatic carbocycles.